The monoisotopic (exact) mass is 264 g/mol. The van der Waals surface area contributed by atoms with Gasteiger partial charge >= 0.3 is 0 Å². The highest BCUT2D eigenvalue weighted by Gasteiger charge is 2.12. The van der Waals surface area contributed by atoms with Gasteiger partial charge in [-0.25, -0.2) is 4.39 Å². The van der Waals surface area contributed by atoms with Crippen molar-refractivity contribution in [3.63, 3.8) is 0 Å². The minimum Gasteiger partial charge on any atom is -0.486 e. The standard InChI is InChI=1S/C14H10ClFO2/c15-13-11(8-17)6-7-12(14(13)16)18-9-10-4-2-1-3-5-10/h1-8H,9H2. The highest BCUT2D eigenvalue weighted by Crippen LogP contribution is 2.27. The van der Waals surface area contributed by atoms with Crippen LogP contribution in [0.15, 0.2) is 42.5 Å². The molecule has 0 aliphatic carbocycles. The van der Waals surface area contributed by atoms with Gasteiger partial charge in [0.05, 0.1) is 5.02 Å². The third-order valence-electron chi connectivity index (χ3n) is 2.44. The lowest BCUT2D eigenvalue weighted by molar-refractivity contribution is 0.112. The van der Waals surface area contributed by atoms with Crippen molar-refractivity contribution >= 4 is 17.9 Å². The third kappa shape index (κ3) is 2.68. The fraction of sp³-hybridized carbons (Fsp3) is 0.0714. The van der Waals surface area contributed by atoms with E-state index in [-0.39, 0.29) is 22.9 Å². The second kappa shape index (κ2) is 5.65. The number of hydrogen-bond donors (Lipinski definition) is 0. The van der Waals surface area contributed by atoms with Crippen LogP contribution in [0.2, 0.25) is 5.02 Å². The number of benzene rings is 2. The lowest BCUT2D eigenvalue weighted by atomic mass is 10.2. The summed E-state index contributed by atoms with van der Waals surface area (Å²) >= 11 is 5.69. The van der Waals surface area contributed by atoms with Gasteiger partial charge in [-0.1, -0.05) is 41.9 Å². The zero-order valence-corrected chi connectivity index (χ0v) is 10.2. The average molecular weight is 265 g/mol. The van der Waals surface area contributed by atoms with Gasteiger partial charge < -0.3 is 4.74 Å². The zero-order chi connectivity index (χ0) is 13.0. The molecule has 2 nitrogen and oxygen atoms in total. The summed E-state index contributed by atoms with van der Waals surface area (Å²) in [4.78, 5) is 10.6. The Hall–Kier alpha value is -1.87. The van der Waals surface area contributed by atoms with Crippen LogP contribution in [0, 0.1) is 5.82 Å². The van der Waals surface area contributed by atoms with Gasteiger partial charge in [-0.15, -0.1) is 0 Å². The van der Waals surface area contributed by atoms with Crippen molar-refractivity contribution in [2.75, 3.05) is 0 Å². The molecule has 0 saturated carbocycles. The van der Waals surface area contributed by atoms with Crippen molar-refractivity contribution in [2.45, 2.75) is 6.61 Å². The molecule has 0 unspecified atom stereocenters. The minimum atomic E-state index is -0.711. The molecule has 0 aliphatic heterocycles. The second-order valence-corrected chi connectivity index (χ2v) is 4.05. The van der Waals surface area contributed by atoms with E-state index < -0.39 is 5.82 Å². The molecule has 0 aromatic heterocycles. The van der Waals surface area contributed by atoms with Gasteiger partial charge in [-0.05, 0) is 17.7 Å². The zero-order valence-electron chi connectivity index (χ0n) is 9.40. The first-order chi connectivity index (χ1) is 8.72. The molecule has 0 spiro atoms. The molecule has 18 heavy (non-hydrogen) atoms. The summed E-state index contributed by atoms with van der Waals surface area (Å²) in [6.45, 7) is 0.245. The summed E-state index contributed by atoms with van der Waals surface area (Å²) in [5.74, 6) is -0.674. The van der Waals surface area contributed by atoms with E-state index in [2.05, 4.69) is 0 Å². The molecular formula is C14H10ClFO2. The summed E-state index contributed by atoms with van der Waals surface area (Å²) in [5, 5.41) is -0.212. The van der Waals surface area contributed by atoms with Gasteiger partial charge in [0.2, 0.25) is 0 Å². The fourth-order valence-corrected chi connectivity index (χ4v) is 1.69. The van der Waals surface area contributed by atoms with Gasteiger partial charge in [-0.3, -0.25) is 4.79 Å². The molecule has 2 aromatic carbocycles. The van der Waals surface area contributed by atoms with E-state index in [1.54, 1.807) is 0 Å². The van der Waals surface area contributed by atoms with Crippen molar-refractivity contribution in [3.8, 4) is 5.75 Å². The normalized spacial score (nSPS) is 10.1. The topological polar surface area (TPSA) is 26.3 Å². The maximum absolute atomic E-state index is 13.7. The predicted molar refractivity (Wildman–Crippen MR) is 67.6 cm³/mol. The number of ether oxygens (including phenoxy) is 1. The van der Waals surface area contributed by atoms with Crippen molar-refractivity contribution in [2.24, 2.45) is 0 Å². The van der Waals surface area contributed by atoms with E-state index in [4.69, 9.17) is 16.3 Å². The van der Waals surface area contributed by atoms with Gasteiger partial charge in [0.1, 0.15) is 6.61 Å². The molecular weight excluding hydrogens is 255 g/mol. The predicted octanol–water partition coefficient (Wildman–Crippen LogP) is 3.87. The Balaban J connectivity index is 2.15. The number of aldehydes is 1. The van der Waals surface area contributed by atoms with Gasteiger partial charge in [-0.2, -0.15) is 0 Å². The quantitative estimate of drug-likeness (QED) is 0.784. The molecule has 92 valence electrons. The molecule has 0 radical (unpaired) electrons. The van der Waals surface area contributed by atoms with Crippen LogP contribution in [0.3, 0.4) is 0 Å². The number of hydrogen-bond acceptors (Lipinski definition) is 2. The van der Waals surface area contributed by atoms with Gasteiger partial charge in [0, 0.05) is 5.56 Å². The molecule has 0 bridgehead atoms. The van der Waals surface area contributed by atoms with E-state index in [0.717, 1.165) is 5.56 Å². The lowest BCUT2D eigenvalue weighted by Crippen LogP contribution is -1.98. The number of carbonyl (C=O) groups excluding carboxylic acids is 1. The first kappa shape index (κ1) is 12.6. The summed E-state index contributed by atoms with van der Waals surface area (Å²) in [6, 6.07) is 12.2. The van der Waals surface area contributed by atoms with Crippen LogP contribution < -0.4 is 4.74 Å². The first-order valence-corrected chi connectivity index (χ1v) is 5.70. The Labute approximate surface area is 109 Å². The van der Waals surface area contributed by atoms with E-state index in [9.17, 15) is 9.18 Å². The minimum absolute atomic E-state index is 0.0365. The molecule has 0 amide bonds. The SMILES string of the molecule is O=Cc1ccc(OCc2ccccc2)c(F)c1Cl. The van der Waals surface area contributed by atoms with Gasteiger partial charge in [0.15, 0.2) is 17.9 Å². The Kier molecular flexibility index (Phi) is 3.95. The molecule has 0 aliphatic rings. The molecule has 0 saturated heterocycles. The largest absolute Gasteiger partial charge is 0.486 e. The van der Waals surface area contributed by atoms with Crippen molar-refractivity contribution in [3.05, 3.63) is 64.4 Å². The number of rotatable bonds is 4. The van der Waals surface area contributed by atoms with E-state index in [0.29, 0.717) is 6.29 Å². The van der Waals surface area contributed by atoms with Gasteiger partial charge in [0.25, 0.3) is 0 Å². The highest BCUT2D eigenvalue weighted by molar-refractivity contribution is 6.33. The van der Waals surface area contributed by atoms with Crippen LogP contribution in [0.4, 0.5) is 4.39 Å². The maximum atomic E-state index is 13.7. The van der Waals surface area contributed by atoms with Crippen LogP contribution in [-0.4, -0.2) is 6.29 Å². The molecule has 2 aromatic rings. The Morgan fingerprint density at radius 3 is 2.56 bits per heavy atom. The molecule has 2 rings (SSSR count). The van der Waals surface area contributed by atoms with Crippen LogP contribution in [0.25, 0.3) is 0 Å². The highest BCUT2D eigenvalue weighted by atomic mass is 35.5. The Bertz CT molecular complexity index is 555. The van der Waals surface area contributed by atoms with Crippen molar-refractivity contribution in [1.29, 1.82) is 0 Å². The molecule has 4 heteroatoms. The molecule has 0 fully saturated rings. The van der Waals surface area contributed by atoms with E-state index in [1.165, 1.54) is 12.1 Å². The second-order valence-electron chi connectivity index (χ2n) is 3.67. The smallest absolute Gasteiger partial charge is 0.184 e. The average Bonchev–Trinajstić information content (AvgIpc) is 2.42. The Morgan fingerprint density at radius 2 is 1.89 bits per heavy atom. The fourth-order valence-electron chi connectivity index (χ4n) is 1.48. The number of carbonyl (C=O) groups is 1. The summed E-state index contributed by atoms with van der Waals surface area (Å²) in [5.41, 5.74) is 1.04. The summed E-state index contributed by atoms with van der Waals surface area (Å²) < 4.78 is 19.1. The molecule has 0 N–H and O–H groups in total. The maximum Gasteiger partial charge on any atom is 0.184 e. The summed E-state index contributed by atoms with van der Waals surface area (Å²) in [7, 11) is 0. The number of halogens is 2. The van der Waals surface area contributed by atoms with Crippen molar-refractivity contribution < 1.29 is 13.9 Å². The first-order valence-electron chi connectivity index (χ1n) is 5.32. The van der Waals surface area contributed by atoms with E-state index >= 15 is 0 Å². The third-order valence-corrected chi connectivity index (χ3v) is 2.83. The lowest BCUT2D eigenvalue weighted by Gasteiger charge is -2.09. The van der Waals surface area contributed by atoms with Crippen LogP contribution in [0.1, 0.15) is 15.9 Å². The molecule has 0 atom stereocenters. The van der Waals surface area contributed by atoms with Crippen LogP contribution in [-0.2, 0) is 6.61 Å². The Morgan fingerprint density at radius 1 is 1.17 bits per heavy atom. The van der Waals surface area contributed by atoms with E-state index in [1.807, 2.05) is 30.3 Å². The van der Waals surface area contributed by atoms with Crippen LogP contribution >= 0.6 is 11.6 Å². The van der Waals surface area contributed by atoms with Crippen LogP contribution in [0.5, 0.6) is 5.75 Å². The summed E-state index contributed by atoms with van der Waals surface area (Å²) in [6.07, 6.45) is 0.506. The molecule has 0 heterocycles. The van der Waals surface area contributed by atoms with Crippen molar-refractivity contribution in [1.82, 2.24) is 0 Å².